The quantitative estimate of drug-likeness (QED) is 0.133. The molecule has 0 bridgehead atoms. The Morgan fingerprint density at radius 1 is 0.610 bits per heavy atom. The van der Waals surface area contributed by atoms with Gasteiger partial charge in [0.15, 0.2) is 11.2 Å². The van der Waals surface area contributed by atoms with E-state index in [1.807, 2.05) is 0 Å². The van der Waals surface area contributed by atoms with Gasteiger partial charge in [-0.1, -0.05) is 21.3 Å². The molecule has 0 amide bonds. The Morgan fingerprint density at radius 2 is 0.902 bits per heavy atom. The van der Waals surface area contributed by atoms with Gasteiger partial charge in [0.25, 0.3) is 0 Å². The van der Waals surface area contributed by atoms with E-state index in [1.165, 1.54) is 41.9 Å². The fourth-order valence-electron chi connectivity index (χ4n) is 2.01. The molecule has 0 aliphatic rings. The second-order valence-electron chi connectivity index (χ2n) is 8.64. The van der Waals surface area contributed by atoms with Crippen LogP contribution in [0.3, 0.4) is 0 Å². The Balaban J connectivity index is -0.000000196. The van der Waals surface area contributed by atoms with Gasteiger partial charge in [0, 0.05) is 65.4 Å². The van der Waals surface area contributed by atoms with Crippen molar-refractivity contribution < 1.29 is 133 Å². The molecule has 0 aliphatic carbocycles. The number of hydrogen-bond acceptors (Lipinski definition) is 14. The van der Waals surface area contributed by atoms with E-state index < -0.39 is 47.7 Å². The summed E-state index contributed by atoms with van der Waals surface area (Å²) in [6, 6.07) is 0. The summed E-state index contributed by atoms with van der Waals surface area (Å²) in [5.41, 5.74) is -2.35. The first-order chi connectivity index (χ1) is 17.7. The number of hydrogen-bond donors (Lipinski definition) is 2. The van der Waals surface area contributed by atoms with Crippen molar-refractivity contribution in [1.29, 1.82) is 0 Å². The summed E-state index contributed by atoms with van der Waals surface area (Å²) in [6.07, 6.45) is -1.97. The Labute approximate surface area is 293 Å². The molecular formula is C25H48O14Y2. The Bertz CT molecular complexity index is 646. The van der Waals surface area contributed by atoms with Crippen molar-refractivity contribution in [2.45, 2.75) is 85.2 Å². The van der Waals surface area contributed by atoms with Gasteiger partial charge in [-0.2, -0.15) is 0 Å². The van der Waals surface area contributed by atoms with E-state index >= 15 is 0 Å². The number of carbonyl (C=O) groups excluding carboxylic acids is 4. The topological polar surface area (TPSA) is 183 Å². The van der Waals surface area contributed by atoms with Crippen LogP contribution in [0.5, 0.6) is 0 Å². The van der Waals surface area contributed by atoms with Crippen molar-refractivity contribution >= 4 is 24.2 Å². The molecule has 0 aromatic rings. The molecule has 0 rings (SSSR count). The average Bonchev–Trinajstić information content (AvgIpc) is 2.89. The third-order valence-electron chi connectivity index (χ3n) is 4.60. The molecule has 2 unspecified atom stereocenters. The standard InChI is InChI=1S/2C12H22O7.CH4.2Y/c2*1-5-9(13)8-18-10(14)12(2,3)19-7-6-17-11(15)16-4;;;/h2*9,13H,5-8H2,1-4H3;1H4;;. The maximum absolute atomic E-state index is 11.7. The first kappa shape index (κ1) is 50.2. The first-order valence-electron chi connectivity index (χ1n) is 12.1. The Hall–Kier alpha value is -0.472. The van der Waals surface area contributed by atoms with Crippen LogP contribution in [0.15, 0.2) is 0 Å². The summed E-state index contributed by atoms with van der Waals surface area (Å²) in [5.74, 6) is -1.17. The molecule has 0 spiro atoms. The third kappa shape index (κ3) is 26.9. The molecule has 0 aromatic carbocycles. The Morgan fingerprint density at radius 3 is 1.15 bits per heavy atom. The number of esters is 2. The minimum Gasteiger partial charge on any atom is -0.461 e. The minimum atomic E-state index is -1.17. The molecular weight excluding hydrogens is 702 g/mol. The van der Waals surface area contributed by atoms with Crippen molar-refractivity contribution in [2.75, 3.05) is 53.9 Å². The third-order valence-corrected chi connectivity index (χ3v) is 4.60. The van der Waals surface area contributed by atoms with Crippen LogP contribution in [-0.2, 0) is 113 Å². The van der Waals surface area contributed by atoms with Crippen LogP contribution < -0.4 is 0 Å². The monoisotopic (exact) mass is 750 g/mol. The Kier molecular flexibility index (Phi) is 34.6. The van der Waals surface area contributed by atoms with E-state index in [2.05, 4.69) is 18.9 Å². The SMILES string of the molecule is C.CCC(O)COC(=O)C(C)(C)OCCOC(=O)OC.CCC(O)COC(=O)C(C)(C)OCCOC(=O)OC.[Y].[Y]. The average molecular weight is 750 g/mol. The van der Waals surface area contributed by atoms with Gasteiger partial charge < -0.3 is 48.1 Å². The molecule has 2 radical (unpaired) electrons. The van der Waals surface area contributed by atoms with Gasteiger partial charge in [0.2, 0.25) is 0 Å². The number of aliphatic hydroxyl groups excluding tert-OH is 2. The maximum atomic E-state index is 11.7. The van der Waals surface area contributed by atoms with Gasteiger partial charge in [-0.25, -0.2) is 19.2 Å². The van der Waals surface area contributed by atoms with Gasteiger partial charge in [-0.05, 0) is 40.5 Å². The fourth-order valence-corrected chi connectivity index (χ4v) is 2.01. The number of methoxy groups -OCH3 is 2. The molecule has 0 heterocycles. The molecule has 14 nitrogen and oxygen atoms in total. The van der Waals surface area contributed by atoms with Crippen LogP contribution in [0.4, 0.5) is 9.59 Å². The molecule has 41 heavy (non-hydrogen) atoms. The first-order valence-corrected chi connectivity index (χ1v) is 12.1. The van der Waals surface area contributed by atoms with Crippen LogP contribution in [0.25, 0.3) is 0 Å². The number of ether oxygens (including phenoxy) is 8. The van der Waals surface area contributed by atoms with Crippen molar-refractivity contribution in [3.8, 4) is 0 Å². The molecule has 0 fully saturated rings. The second kappa shape index (κ2) is 28.3. The minimum absolute atomic E-state index is 0. The van der Waals surface area contributed by atoms with Gasteiger partial charge in [-0.15, -0.1) is 0 Å². The number of carbonyl (C=O) groups is 4. The molecule has 0 saturated heterocycles. The van der Waals surface area contributed by atoms with Crippen LogP contribution >= 0.6 is 0 Å². The molecule has 238 valence electrons. The number of rotatable bonds is 16. The largest absolute Gasteiger partial charge is 0.508 e. The van der Waals surface area contributed by atoms with E-state index in [0.29, 0.717) is 12.8 Å². The predicted molar refractivity (Wildman–Crippen MR) is 138 cm³/mol. The van der Waals surface area contributed by atoms with Crippen molar-refractivity contribution in [3.05, 3.63) is 0 Å². The molecule has 2 atom stereocenters. The summed E-state index contributed by atoms with van der Waals surface area (Å²) in [6.45, 7) is 9.58. The van der Waals surface area contributed by atoms with E-state index in [4.69, 9.17) is 18.9 Å². The smallest absolute Gasteiger partial charge is 0.461 e. The van der Waals surface area contributed by atoms with Crippen molar-refractivity contribution in [3.63, 3.8) is 0 Å². The zero-order chi connectivity index (χ0) is 29.8. The summed E-state index contributed by atoms with van der Waals surface area (Å²) in [4.78, 5) is 44.7. The van der Waals surface area contributed by atoms with Crippen LogP contribution in [0.2, 0.25) is 0 Å². The van der Waals surface area contributed by atoms with E-state index in [1.54, 1.807) is 13.8 Å². The van der Waals surface area contributed by atoms with E-state index in [-0.39, 0.29) is 112 Å². The van der Waals surface area contributed by atoms with Gasteiger partial charge in [0.05, 0.1) is 39.6 Å². The van der Waals surface area contributed by atoms with Crippen molar-refractivity contribution in [1.82, 2.24) is 0 Å². The van der Waals surface area contributed by atoms with Crippen LogP contribution in [-0.4, -0.2) is 112 Å². The number of aliphatic hydroxyl groups is 2. The van der Waals surface area contributed by atoms with E-state index in [9.17, 15) is 29.4 Å². The molecule has 0 aromatic heterocycles. The van der Waals surface area contributed by atoms with Gasteiger partial charge in [-0.3, -0.25) is 0 Å². The van der Waals surface area contributed by atoms with Crippen molar-refractivity contribution in [2.24, 2.45) is 0 Å². The van der Waals surface area contributed by atoms with Gasteiger partial charge >= 0.3 is 24.2 Å². The van der Waals surface area contributed by atoms with E-state index in [0.717, 1.165) is 0 Å². The van der Waals surface area contributed by atoms with Crippen LogP contribution in [0.1, 0.15) is 61.8 Å². The zero-order valence-corrected chi connectivity index (χ0v) is 30.4. The second-order valence-corrected chi connectivity index (χ2v) is 8.64. The normalized spacial score (nSPS) is 11.8. The molecule has 0 aliphatic heterocycles. The maximum Gasteiger partial charge on any atom is 0.508 e. The summed E-state index contributed by atoms with van der Waals surface area (Å²) < 4.78 is 38.1. The molecule has 16 heteroatoms. The summed E-state index contributed by atoms with van der Waals surface area (Å²) >= 11 is 0. The molecule has 2 N–H and O–H groups in total. The summed E-state index contributed by atoms with van der Waals surface area (Å²) in [7, 11) is 2.40. The summed E-state index contributed by atoms with van der Waals surface area (Å²) in [5, 5.41) is 18.6. The molecule has 0 saturated carbocycles. The van der Waals surface area contributed by atoms with Gasteiger partial charge in [0.1, 0.15) is 26.4 Å². The van der Waals surface area contributed by atoms with Crippen LogP contribution in [0, 0.1) is 0 Å². The fraction of sp³-hybridized carbons (Fsp3) is 0.840. The zero-order valence-electron chi connectivity index (χ0n) is 24.8. The predicted octanol–water partition coefficient (Wildman–Crippen LogP) is 2.39.